The minimum Gasteiger partial charge on any atom is -0.454 e. The molecule has 2 N–H and O–H groups in total. The number of carbonyl (C=O) groups is 2. The second-order valence-corrected chi connectivity index (χ2v) is 8.52. The predicted molar refractivity (Wildman–Crippen MR) is 111 cm³/mol. The standard InChI is InChI=1S/C19H18BrN3O6S/c20-14-6-8-16(9-7-14)30(27,28)22-17(12-24)19(26)29-13-18(25)23(11-10-21)15-4-2-1-3-5-15/h1-9,17,22,24H,11-13H2. The molecule has 0 saturated carbocycles. The van der Waals surface area contributed by atoms with Crippen molar-refractivity contribution in [2.24, 2.45) is 0 Å². The van der Waals surface area contributed by atoms with Gasteiger partial charge in [-0.1, -0.05) is 34.1 Å². The Balaban J connectivity index is 2.03. The Morgan fingerprint density at radius 1 is 1.17 bits per heavy atom. The van der Waals surface area contributed by atoms with Gasteiger partial charge in [-0.2, -0.15) is 9.98 Å². The summed E-state index contributed by atoms with van der Waals surface area (Å²) in [6, 6.07) is 14.2. The third-order valence-corrected chi connectivity index (χ3v) is 5.84. The number of nitrogens with one attached hydrogen (secondary N) is 1. The maximum Gasteiger partial charge on any atom is 0.327 e. The second-order valence-electron chi connectivity index (χ2n) is 5.89. The van der Waals surface area contributed by atoms with E-state index in [1.807, 2.05) is 10.8 Å². The Morgan fingerprint density at radius 3 is 2.37 bits per heavy atom. The van der Waals surface area contributed by atoms with Crippen LogP contribution in [0.4, 0.5) is 5.69 Å². The molecule has 0 heterocycles. The van der Waals surface area contributed by atoms with Gasteiger partial charge in [-0.15, -0.1) is 0 Å². The smallest absolute Gasteiger partial charge is 0.327 e. The van der Waals surface area contributed by atoms with E-state index in [2.05, 4.69) is 15.9 Å². The van der Waals surface area contributed by atoms with Gasteiger partial charge in [0.1, 0.15) is 12.6 Å². The highest BCUT2D eigenvalue weighted by Gasteiger charge is 2.27. The van der Waals surface area contributed by atoms with Gasteiger partial charge in [-0.3, -0.25) is 14.5 Å². The van der Waals surface area contributed by atoms with Crippen LogP contribution in [0.25, 0.3) is 0 Å². The van der Waals surface area contributed by atoms with Crippen molar-refractivity contribution in [1.29, 1.82) is 5.26 Å². The van der Waals surface area contributed by atoms with Crippen LogP contribution >= 0.6 is 15.9 Å². The number of nitrogens with zero attached hydrogens (tertiary/aromatic N) is 2. The molecule has 0 spiro atoms. The summed E-state index contributed by atoms with van der Waals surface area (Å²) in [5.41, 5.74) is 0.440. The molecule has 11 heteroatoms. The molecule has 0 saturated heterocycles. The summed E-state index contributed by atoms with van der Waals surface area (Å²) in [4.78, 5) is 25.6. The topological polar surface area (TPSA) is 137 Å². The van der Waals surface area contributed by atoms with Gasteiger partial charge in [0.05, 0.1) is 17.6 Å². The van der Waals surface area contributed by atoms with E-state index >= 15 is 0 Å². The first-order valence-corrected chi connectivity index (χ1v) is 10.8. The molecular weight excluding hydrogens is 478 g/mol. The lowest BCUT2D eigenvalue weighted by Gasteiger charge is -2.20. The molecule has 2 aromatic carbocycles. The summed E-state index contributed by atoms with van der Waals surface area (Å²) in [5.74, 6) is -1.81. The lowest BCUT2D eigenvalue weighted by Crippen LogP contribution is -2.45. The van der Waals surface area contributed by atoms with Crippen LogP contribution in [-0.4, -0.2) is 51.2 Å². The van der Waals surface area contributed by atoms with Crippen molar-refractivity contribution in [3.05, 3.63) is 59.1 Å². The van der Waals surface area contributed by atoms with E-state index in [0.717, 1.165) is 4.90 Å². The number of para-hydroxylation sites is 1. The zero-order valence-electron chi connectivity index (χ0n) is 15.6. The Bertz CT molecular complexity index is 1020. The summed E-state index contributed by atoms with van der Waals surface area (Å²) >= 11 is 3.19. The SMILES string of the molecule is N#CCN(C(=O)COC(=O)C(CO)NS(=O)(=O)c1ccc(Br)cc1)c1ccccc1. The molecule has 158 valence electrons. The quantitative estimate of drug-likeness (QED) is 0.393. The van der Waals surface area contributed by atoms with Crippen molar-refractivity contribution in [3.63, 3.8) is 0 Å². The van der Waals surface area contributed by atoms with Crippen molar-refractivity contribution >= 4 is 43.5 Å². The molecule has 1 atom stereocenters. The first-order valence-electron chi connectivity index (χ1n) is 8.56. The number of anilines is 1. The number of hydrogen-bond acceptors (Lipinski definition) is 7. The van der Waals surface area contributed by atoms with Crippen molar-refractivity contribution < 1.29 is 27.9 Å². The number of nitriles is 1. The number of hydrogen-bond donors (Lipinski definition) is 2. The molecule has 0 aliphatic rings. The molecule has 1 amide bonds. The first kappa shape index (κ1) is 23.5. The first-order chi connectivity index (χ1) is 14.3. The molecule has 0 bridgehead atoms. The lowest BCUT2D eigenvalue weighted by molar-refractivity contribution is -0.150. The number of amides is 1. The zero-order valence-corrected chi connectivity index (χ0v) is 18.0. The van der Waals surface area contributed by atoms with Gasteiger partial charge in [0.25, 0.3) is 5.91 Å². The number of rotatable bonds is 9. The molecule has 9 nitrogen and oxygen atoms in total. The highest BCUT2D eigenvalue weighted by molar-refractivity contribution is 9.10. The fourth-order valence-corrected chi connectivity index (χ4v) is 3.78. The van der Waals surface area contributed by atoms with Gasteiger partial charge in [0.2, 0.25) is 10.0 Å². The van der Waals surface area contributed by atoms with Gasteiger partial charge in [-0.05, 0) is 36.4 Å². The summed E-state index contributed by atoms with van der Waals surface area (Å²) in [5, 5.41) is 18.4. The fraction of sp³-hybridized carbons (Fsp3) is 0.211. The van der Waals surface area contributed by atoms with Crippen molar-refractivity contribution in [1.82, 2.24) is 4.72 Å². The molecule has 0 aliphatic carbocycles. The number of carbonyl (C=O) groups excluding carboxylic acids is 2. The maximum atomic E-state index is 12.4. The van der Waals surface area contributed by atoms with E-state index < -0.39 is 41.2 Å². The van der Waals surface area contributed by atoms with Crippen LogP contribution < -0.4 is 9.62 Å². The van der Waals surface area contributed by atoms with Crippen LogP contribution in [0.15, 0.2) is 64.0 Å². The van der Waals surface area contributed by atoms with E-state index in [4.69, 9.17) is 10.00 Å². The molecule has 2 aromatic rings. The van der Waals surface area contributed by atoms with Gasteiger partial charge in [0, 0.05) is 10.2 Å². The molecule has 0 aromatic heterocycles. The average molecular weight is 496 g/mol. The summed E-state index contributed by atoms with van der Waals surface area (Å²) in [6.07, 6.45) is 0. The molecule has 30 heavy (non-hydrogen) atoms. The van der Waals surface area contributed by atoms with Crippen LogP contribution in [0.3, 0.4) is 0 Å². The van der Waals surface area contributed by atoms with E-state index in [1.54, 1.807) is 30.3 Å². The normalized spacial score (nSPS) is 11.9. The van der Waals surface area contributed by atoms with Crippen LogP contribution in [0.2, 0.25) is 0 Å². The monoisotopic (exact) mass is 495 g/mol. The number of esters is 1. The van der Waals surface area contributed by atoms with E-state index in [-0.39, 0.29) is 11.4 Å². The Labute approximate surface area is 182 Å². The zero-order chi connectivity index (χ0) is 22.1. The molecule has 2 rings (SSSR count). The highest BCUT2D eigenvalue weighted by atomic mass is 79.9. The van der Waals surface area contributed by atoms with Gasteiger partial charge >= 0.3 is 5.97 Å². The maximum absolute atomic E-state index is 12.4. The summed E-state index contributed by atoms with van der Waals surface area (Å²) in [6.45, 7) is -1.87. The average Bonchev–Trinajstić information content (AvgIpc) is 2.74. The number of ether oxygens (including phenoxy) is 1. The molecule has 0 fully saturated rings. The van der Waals surface area contributed by atoms with Crippen molar-refractivity contribution in [2.75, 3.05) is 24.7 Å². The Morgan fingerprint density at radius 2 is 1.80 bits per heavy atom. The van der Waals surface area contributed by atoms with E-state index in [9.17, 15) is 23.1 Å². The van der Waals surface area contributed by atoms with Crippen LogP contribution in [0.1, 0.15) is 0 Å². The number of aliphatic hydroxyl groups is 1. The minimum atomic E-state index is -4.11. The lowest BCUT2D eigenvalue weighted by atomic mass is 10.3. The molecule has 1 unspecified atom stereocenters. The third-order valence-electron chi connectivity index (χ3n) is 3.82. The molecular formula is C19H18BrN3O6S. The number of sulfonamides is 1. The summed E-state index contributed by atoms with van der Waals surface area (Å²) in [7, 11) is -4.11. The van der Waals surface area contributed by atoms with Crippen LogP contribution in [-0.2, 0) is 24.3 Å². The predicted octanol–water partition coefficient (Wildman–Crippen LogP) is 1.19. The largest absolute Gasteiger partial charge is 0.454 e. The second kappa shape index (κ2) is 10.8. The molecule has 0 radical (unpaired) electrons. The van der Waals surface area contributed by atoms with E-state index in [0.29, 0.717) is 10.2 Å². The van der Waals surface area contributed by atoms with Gasteiger partial charge in [0.15, 0.2) is 6.61 Å². The van der Waals surface area contributed by atoms with Crippen LogP contribution in [0.5, 0.6) is 0 Å². The Kier molecular flexibility index (Phi) is 8.49. The Hall–Kier alpha value is -2.78. The number of aliphatic hydroxyl groups excluding tert-OH is 1. The van der Waals surface area contributed by atoms with Crippen LogP contribution in [0, 0.1) is 11.3 Å². The van der Waals surface area contributed by atoms with Gasteiger partial charge < -0.3 is 9.84 Å². The summed E-state index contributed by atoms with van der Waals surface area (Å²) < 4.78 is 32.3. The van der Waals surface area contributed by atoms with Gasteiger partial charge in [-0.25, -0.2) is 8.42 Å². The number of benzene rings is 2. The number of halogens is 1. The minimum absolute atomic E-state index is 0.114. The highest BCUT2D eigenvalue weighted by Crippen LogP contribution is 2.15. The van der Waals surface area contributed by atoms with Crippen molar-refractivity contribution in [2.45, 2.75) is 10.9 Å². The van der Waals surface area contributed by atoms with E-state index in [1.165, 1.54) is 24.3 Å². The fourth-order valence-electron chi connectivity index (χ4n) is 2.34. The molecule has 0 aliphatic heterocycles. The third kappa shape index (κ3) is 6.36. The van der Waals surface area contributed by atoms with Crippen molar-refractivity contribution in [3.8, 4) is 6.07 Å².